The number of alkyl halides is 3. The number of nitrogens with one attached hydrogen (secondary N) is 2. The minimum absolute atomic E-state index is 0.0578. The normalized spacial score (nSPS) is 11.3. The topological polar surface area (TPSA) is 59.1 Å². The third-order valence-electron chi connectivity index (χ3n) is 4.51. The van der Waals surface area contributed by atoms with Crippen molar-refractivity contribution in [2.75, 3.05) is 17.2 Å². The third kappa shape index (κ3) is 6.34. The molecule has 1 heterocycles. The van der Waals surface area contributed by atoms with Crippen LogP contribution < -0.4 is 15.4 Å². The third-order valence-corrected chi connectivity index (χ3v) is 4.51. The Kier molecular flexibility index (Phi) is 7.33. The molecule has 0 aliphatic heterocycles. The zero-order chi connectivity index (χ0) is 22.3. The van der Waals surface area contributed by atoms with Crippen molar-refractivity contribution in [3.63, 3.8) is 0 Å². The lowest BCUT2D eigenvalue weighted by Crippen LogP contribution is -2.13. The van der Waals surface area contributed by atoms with Gasteiger partial charge in [-0.25, -0.2) is 4.98 Å². The van der Waals surface area contributed by atoms with Gasteiger partial charge in [-0.2, -0.15) is 18.2 Å². The fourth-order valence-corrected chi connectivity index (χ4v) is 2.95. The maximum absolute atomic E-state index is 13.6. The van der Waals surface area contributed by atoms with E-state index in [-0.39, 0.29) is 11.8 Å². The van der Waals surface area contributed by atoms with Crippen LogP contribution in [0.1, 0.15) is 37.3 Å². The summed E-state index contributed by atoms with van der Waals surface area (Å²) in [5, 5.41) is 5.74. The number of nitrogens with zero attached hydrogens (tertiary/aromatic N) is 2. The number of rotatable bonds is 9. The van der Waals surface area contributed by atoms with E-state index < -0.39 is 11.7 Å². The van der Waals surface area contributed by atoms with Gasteiger partial charge in [0, 0.05) is 11.9 Å². The average Bonchev–Trinajstić information content (AvgIpc) is 2.72. The molecule has 0 amide bonds. The fourth-order valence-electron chi connectivity index (χ4n) is 2.95. The van der Waals surface area contributed by atoms with Crippen LogP contribution >= 0.6 is 0 Å². The molecule has 0 atom stereocenters. The minimum atomic E-state index is -4.61. The zero-order valence-corrected chi connectivity index (χ0v) is 17.5. The highest BCUT2D eigenvalue weighted by atomic mass is 19.4. The van der Waals surface area contributed by atoms with E-state index in [0.717, 1.165) is 31.0 Å². The number of hydrogen-bond donors (Lipinski definition) is 2. The molecule has 164 valence electrons. The highest BCUT2D eigenvalue weighted by Crippen LogP contribution is 2.37. The molecule has 0 unspecified atom stereocenters. The highest BCUT2D eigenvalue weighted by molar-refractivity contribution is 5.67. The Morgan fingerprint density at radius 3 is 2.55 bits per heavy atom. The maximum atomic E-state index is 13.6. The smallest absolute Gasteiger partial charge is 0.421 e. The molecule has 0 saturated carbocycles. The first-order chi connectivity index (χ1) is 14.9. The van der Waals surface area contributed by atoms with Gasteiger partial charge < -0.3 is 15.4 Å². The van der Waals surface area contributed by atoms with E-state index in [4.69, 9.17) is 4.74 Å². The molecule has 0 aliphatic rings. The minimum Gasteiger partial charge on any atom is -0.491 e. The summed E-state index contributed by atoms with van der Waals surface area (Å²) in [5.74, 6) is 0.184. The summed E-state index contributed by atoms with van der Waals surface area (Å²) in [7, 11) is 0. The summed E-state index contributed by atoms with van der Waals surface area (Å²) < 4.78 is 46.5. The van der Waals surface area contributed by atoms with Gasteiger partial charge >= 0.3 is 6.18 Å². The maximum Gasteiger partial charge on any atom is 0.421 e. The van der Waals surface area contributed by atoms with Crippen LogP contribution in [0.2, 0.25) is 0 Å². The molecule has 0 fully saturated rings. The first kappa shape index (κ1) is 22.4. The molecular weight excluding hydrogens is 405 g/mol. The second-order valence-corrected chi connectivity index (χ2v) is 7.12. The molecule has 2 aromatic carbocycles. The Bertz CT molecular complexity index is 1010. The molecule has 8 heteroatoms. The summed E-state index contributed by atoms with van der Waals surface area (Å²) in [5.41, 5.74) is 1.14. The fraction of sp³-hybridized carbons (Fsp3) is 0.304. The summed E-state index contributed by atoms with van der Waals surface area (Å²) in [4.78, 5) is 7.95. The van der Waals surface area contributed by atoms with E-state index >= 15 is 0 Å². The Morgan fingerprint density at radius 1 is 1.00 bits per heavy atom. The Hall–Kier alpha value is -3.29. The largest absolute Gasteiger partial charge is 0.491 e. The molecule has 0 radical (unpaired) electrons. The molecule has 3 aromatic rings. The number of halogens is 3. The second kappa shape index (κ2) is 10.1. The van der Waals surface area contributed by atoms with Crippen molar-refractivity contribution in [2.24, 2.45) is 0 Å². The van der Waals surface area contributed by atoms with Crippen molar-refractivity contribution in [3.05, 3.63) is 65.9 Å². The molecule has 2 N–H and O–H groups in total. The summed E-state index contributed by atoms with van der Waals surface area (Å²) in [6.45, 7) is 4.50. The van der Waals surface area contributed by atoms with Gasteiger partial charge in [-0.15, -0.1) is 0 Å². The SMILES string of the molecule is CCCCCOc1ccccc1Nc1nc(Nc2cccc(C)c2)ncc1C(F)(F)F. The highest BCUT2D eigenvalue weighted by Gasteiger charge is 2.35. The van der Waals surface area contributed by atoms with Gasteiger partial charge in [0.1, 0.15) is 17.1 Å². The van der Waals surface area contributed by atoms with Gasteiger partial charge in [-0.05, 0) is 43.2 Å². The van der Waals surface area contributed by atoms with Crippen LogP contribution in [0.3, 0.4) is 0 Å². The standard InChI is InChI=1S/C23H25F3N4O/c1-3-4-7-13-31-20-12-6-5-11-19(20)29-21-18(23(24,25)26)15-27-22(30-21)28-17-10-8-9-16(2)14-17/h5-6,8-12,14-15H,3-4,7,13H2,1-2H3,(H2,27,28,29,30). The van der Waals surface area contributed by atoms with Crippen molar-refractivity contribution in [3.8, 4) is 5.75 Å². The van der Waals surface area contributed by atoms with Crippen molar-refractivity contribution < 1.29 is 17.9 Å². The number of unbranched alkanes of at least 4 members (excludes halogenated alkanes) is 2. The summed E-state index contributed by atoms with van der Waals surface area (Å²) >= 11 is 0. The van der Waals surface area contributed by atoms with E-state index in [0.29, 0.717) is 23.7 Å². The van der Waals surface area contributed by atoms with Crippen molar-refractivity contribution in [1.29, 1.82) is 0 Å². The van der Waals surface area contributed by atoms with E-state index in [2.05, 4.69) is 27.5 Å². The zero-order valence-electron chi connectivity index (χ0n) is 17.5. The summed E-state index contributed by atoms with van der Waals surface area (Å²) in [6, 6.07) is 14.3. The van der Waals surface area contributed by atoms with Crippen LogP contribution in [0, 0.1) is 6.92 Å². The van der Waals surface area contributed by atoms with Gasteiger partial charge in [-0.3, -0.25) is 0 Å². The van der Waals surface area contributed by atoms with Gasteiger partial charge in [-0.1, -0.05) is 44.0 Å². The number of anilines is 4. The number of para-hydroxylation sites is 2. The summed E-state index contributed by atoms with van der Waals surface area (Å²) in [6.07, 6.45) is -0.889. The van der Waals surface area contributed by atoms with Gasteiger partial charge in [0.15, 0.2) is 0 Å². The quantitative estimate of drug-likeness (QED) is 0.363. The predicted molar refractivity (Wildman–Crippen MR) is 116 cm³/mol. The van der Waals surface area contributed by atoms with Crippen molar-refractivity contribution in [1.82, 2.24) is 9.97 Å². The van der Waals surface area contributed by atoms with E-state index in [1.165, 1.54) is 0 Å². The van der Waals surface area contributed by atoms with E-state index in [1.807, 2.05) is 25.1 Å². The molecule has 5 nitrogen and oxygen atoms in total. The lowest BCUT2D eigenvalue weighted by Gasteiger charge is -2.17. The predicted octanol–water partition coefficient (Wildman–Crippen LogP) is 6.86. The number of aromatic nitrogens is 2. The Morgan fingerprint density at radius 2 is 1.81 bits per heavy atom. The molecule has 0 aliphatic carbocycles. The number of benzene rings is 2. The molecule has 1 aromatic heterocycles. The first-order valence-corrected chi connectivity index (χ1v) is 10.1. The molecule has 31 heavy (non-hydrogen) atoms. The van der Waals surface area contributed by atoms with Gasteiger partial charge in [0.25, 0.3) is 0 Å². The number of ether oxygens (including phenoxy) is 1. The molecule has 0 spiro atoms. The van der Waals surface area contributed by atoms with Gasteiger partial charge in [0.2, 0.25) is 5.95 Å². The molecule has 3 rings (SSSR count). The van der Waals surface area contributed by atoms with Crippen LogP contribution in [0.4, 0.5) is 36.3 Å². The van der Waals surface area contributed by atoms with Crippen LogP contribution in [-0.2, 0) is 6.18 Å². The van der Waals surface area contributed by atoms with E-state index in [9.17, 15) is 13.2 Å². The van der Waals surface area contributed by atoms with E-state index in [1.54, 1.807) is 30.3 Å². The lowest BCUT2D eigenvalue weighted by atomic mass is 10.2. The van der Waals surface area contributed by atoms with Gasteiger partial charge in [0.05, 0.1) is 12.3 Å². The Labute approximate surface area is 179 Å². The average molecular weight is 430 g/mol. The van der Waals surface area contributed by atoms with Crippen molar-refractivity contribution in [2.45, 2.75) is 39.3 Å². The molecule has 0 bridgehead atoms. The number of aryl methyl sites for hydroxylation is 1. The van der Waals surface area contributed by atoms with Crippen LogP contribution in [0.25, 0.3) is 0 Å². The second-order valence-electron chi connectivity index (χ2n) is 7.12. The molecule has 0 saturated heterocycles. The van der Waals surface area contributed by atoms with Crippen molar-refractivity contribution >= 4 is 23.1 Å². The van der Waals surface area contributed by atoms with Crippen LogP contribution in [-0.4, -0.2) is 16.6 Å². The molecular formula is C23H25F3N4O. The monoisotopic (exact) mass is 430 g/mol. The Balaban J connectivity index is 1.88. The lowest BCUT2D eigenvalue weighted by molar-refractivity contribution is -0.137. The first-order valence-electron chi connectivity index (χ1n) is 10.1. The van der Waals surface area contributed by atoms with Crippen LogP contribution in [0.15, 0.2) is 54.7 Å². The van der Waals surface area contributed by atoms with Crippen LogP contribution in [0.5, 0.6) is 5.75 Å². The number of hydrogen-bond acceptors (Lipinski definition) is 5.